The van der Waals surface area contributed by atoms with Gasteiger partial charge in [0.1, 0.15) is 0 Å². The molecule has 1 heterocycles. The fraction of sp³-hybridized carbons (Fsp3) is 1.00. The van der Waals surface area contributed by atoms with Crippen molar-refractivity contribution in [1.29, 1.82) is 0 Å². The minimum absolute atomic E-state index is 0.678. The zero-order valence-electron chi connectivity index (χ0n) is 11.6. The van der Waals surface area contributed by atoms with Crippen LogP contribution in [0.4, 0.5) is 0 Å². The highest BCUT2D eigenvalue weighted by atomic mass is 16.5. The molecule has 100 valence electrons. The van der Waals surface area contributed by atoms with Crippen LogP contribution in [0.15, 0.2) is 0 Å². The van der Waals surface area contributed by atoms with Gasteiger partial charge in [0.15, 0.2) is 0 Å². The number of rotatable bonds is 3. The Labute approximate surface area is 106 Å². The van der Waals surface area contributed by atoms with Crippen molar-refractivity contribution in [3.05, 3.63) is 0 Å². The number of hydrogen-bond donors (Lipinski definition) is 1. The minimum atomic E-state index is 0.678. The second-order valence-electron chi connectivity index (χ2n) is 6.16. The van der Waals surface area contributed by atoms with Crippen molar-refractivity contribution in [1.82, 2.24) is 10.4 Å². The van der Waals surface area contributed by atoms with Gasteiger partial charge in [-0.15, -0.1) is 0 Å². The van der Waals surface area contributed by atoms with E-state index in [-0.39, 0.29) is 0 Å². The standard InChI is InChI=1S/C14H28N2O/c1-11(2)13-5-4-12(3)10-14(13)15-16-6-8-17-9-7-16/h11-15H,4-10H2,1-3H3. The summed E-state index contributed by atoms with van der Waals surface area (Å²) in [6.45, 7) is 11.0. The Balaban J connectivity index is 1.89. The second kappa shape index (κ2) is 6.17. The molecule has 0 amide bonds. The summed E-state index contributed by atoms with van der Waals surface area (Å²) in [5, 5.41) is 2.38. The Kier molecular flexibility index (Phi) is 4.83. The highest BCUT2D eigenvalue weighted by Gasteiger charge is 2.31. The smallest absolute Gasteiger partial charge is 0.0608 e. The molecule has 2 aliphatic rings. The van der Waals surface area contributed by atoms with E-state index in [4.69, 9.17) is 4.74 Å². The first-order valence-corrected chi connectivity index (χ1v) is 7.25. The van der Waals surface area contributed by atoms with Crippen LogP contribution in [0, 0.1) is 17.8 Å². The molecule has 0 aromatic carbocycles. The van der Waals surface area contributed by atoms with E-state index in [1.54, 1.807) is 0 Å². The van der Waals surface area contributed by atoms with Crippen molar-refractivity contribution in [2.24, 2.45) is 17.8 Å². The Hall–Kier alpha value is -0.120. The molecule has 3 nitrogen and oxygen atoms in total. The lowest BCUT2D eigenvalue weighted by molar-refractivity contribution is -0.0132. The van der Waals surface area contributed by atoms with E-state index < -0.39 is 0 Å². The normalized spacial score (nSPS) is 36.4. The van der Waals surface area contributed by atoms with E-state index in [9.17, 15) is 0 Å². The van der Waals surface area contributed by atoms with E-state index >= 15 is 0 Å². The number of hydrogen-bond acceptors (Lipinski definition) is 3. The van der Waals surface area contributed by atoms with Gasteiger partial charge in [-0.3, -0.25) is 5.43 Å². The van der Waals surface area contributed by atoms with E-state index in [0.29, 0.717) is 6.04 Å². The molecule has 3 heteroatoms. The van der Waals surface area contributed by atoms with Crippen molar-refractivity contribution in [2.75, 3.05) is 26.3 Å². The third-order valence-electron chi connectivity index (χ3n) is 4.38. The number of nitrogens with zero attached hydrogens (tertiary/aromatic N) is 1. The topological polar surface area (TPSA) is 24.5 Å². The molecule has 0 aromatic heterocycles. The Morgan fingerprint density at radius 2 is 1.88 bits per heavy atom. The van der Waals surface area contributed by atoms with Crippen LogP contribution in [0.3, 0.4) is 0 Å². The SMILES string of the molecule is CC1CCC(C(C)C)C(NN2CCOCC2)C1. The molecule has 1 N–H and O–H groups in total. The molecule has 17 heavy (non-hydrogen) atoms. The second-order valence-corrected chi connectivity index (χ2v) is 6.16. The molecule has 3 atom stereocenters. The average molecular weight is 240 g/mol. The first-order chi connectivity index (χ1) is 8.16. The summed E-state index contributed by atoms with van der Waals surface area (Å²) in [5.74, 6) is 2.51. The van der Waals surface area contributed by atoms with Crippen molar-refractivity contribution < 1.29 is 4.74 Å². The summed E-state index contributed by atoms with van der Waals surface area (Å²) in [7, 11) is 0. The lowest BCUT2D eigenvalue weighted by atomic mass is 9.74. The molecule has 3 unspecified atom stereocenters. The van der Waals surface area contributed by atoms with Gasteiger partial charge in [0, 0.05) is 19.1 Å². The summed E-state index contributed by atoms with van der Waals surface area (Å²) in [4.78, 5) is 0. The molecule has 0 radical (unpaired) electrons. The zero-order chi connectivity index (χ0) is 12.3. The van der Waals surface area contributed by atoms with Crippen LogP contribution in [-0.2, 0) is 4.74 Å². The van der Waals surface area contributed by atoms with Crippen LogP contribution in [-0.4, -0.2) is 37.4 Å². The van der Waals surface area contributed by atoms with E-state index in [1.807, 2.05) is 0 Å². The number of hydrazine groups is 1. The zero-order valence-corrected chi connectivity index (χ0v) is 11.6. The van der Waals surface area contributed by atoms with Crippen LogP contribution < -0.4 is 5.43 Å². The maximum atomic E-state index is 5.40. The van der Waals surface area contributed by atoms with E-state index in [1.165, 1.54) is 19.3 Å². The van der Waals surface area contributed by atoms with Gasteiger partial charge in [0.05, 0.1) is 13.2 Å². The first kappa shape index (κ1) is 13.3. The molecule has 2 fully saturated rings. The Morgan fingerprint density at radius 3 is 2.53 bits per heavy atom. The van der Waals surface area contributed by atoms with Crippen molar-refractivity contribution >= 4 is 0 Å². The summed E-state index contributed by atoms with van der Waals surface area (Å²) in [5.41, 5.74) is 3.77. The van der Waals surface area contributed by atoms with Gasteiger partial charge < -0.3 is 4.74 Å². The molecule has 0 bridgehead atoms. The molecule has 0 aromatic rings. The first-order valence-electron chi connectivity index (χ1n) is 7.25. The minimum Gasteiger partial charge on any atom is -0.379 e. The average Bonchev–Trinajstić information content (AvgIpc) is 2.30. The Morgan fingerprint density at radius 1 is 1.18 bits per heavy atom. The molecule has 1 saturated heterocycles. The molecule has 1 aliphatic heterocycles. The van der Waals surface area contributed by atoms with Crippen molar-refractivity contribution in [3.63, 3.8) is 0 Å². The summed E-state index contributed by atoms with van der Waals surface area (Å²) in [6, 6.07) is 0.678. The van der Waals surface area contributed by atoms with E-state index in [0.717, 1.165) is 44.1 Å². The lowest BCUT2D eigenvalue weighted by Crippen LogP contribution is -2.54. The fourth-order valence-corrected chi connectivity index (χ4v) is 3.28. The monoisotopic (exact) mass is 240 g/mol. The molecular formula is C14H28N2O. The fourth-order valence-electron chi connectivity index (χ4n) is 3.28. The van der Waals surface area contributed by atoms with Gasteiger partial charge in [-0.2, -0.15) is 0 Å². The quantitative estimate of drug-likeness (QED) is 0.819. The molecule has 0 spiro atoms. The largest absolute Gasteiger partial charge is 0.379 e. The van der Waals surface area contributed by atoms with Crippen molar-refractivity contribution in [2.45, 2.75) is 46.1 Å². The number of ether oxygens (including phenoxy) is 1. The molecular weight excluding hydrogens is 212 g/mol. The van der Waals surface area contributed by atoms with Crippen molar-refractivity contribution in [3.8, 4) is 0 Å². The lowest BCUT2D eigenvalue weighted by Gasteiger charge is -2.41. The number of nitrogens with one attached hydrogen (secondary N) is 1. The van der Waals surface area contributed by atoms with Gasteiger partial charge in [-0.1, -0.05) is 27.2 Å². The number of morpholine rings is 1. The van der Waals surface area contributed by atoms with Crippen LogP contribution in [0.25, 0.3) is 0 Å². The van der Waals surface area contributed by atoms with Gasteiger partial charge >= 0.3 is 0 Å². The highest BCUT2D eigenvalue weighted by Crippen LogP contribution is 2.33. The van der Waals surface area contributed by atoms with Crippen LogP contribution in [0.2, 0.25) is 0 Å². The predicted molar refractivity (Wildman–Crippen MR) is 70.7 cm³/mol. The van der Waals surface area contributed by atoms with Gasteiger partial charge in [-0.25, -0.2) is 5.01 Å². The van der Waals surface area contributed by atoms with Gasteiger partial charge in [0.25, 0.3) is 0 Å². The summed E-state index contributed by atoms with van der Waals surface area (Å²) in [6.07, 6.45) is 4.13. The Bertz CT molecular complexity index is 226. The third kappa shape index (κ3) is 3.67. The van der Waals surface area contributed by atoms with E-state index in [2.05, 4.69) is 31.2 Å². The molecule has 1 saturated carbocycles. The molecule has 1 aliphatic carbocycles. The maximum Gasteiger partial charge on any atom is 0.0608 e. The van der Waals surface area contributed by atoms with Crippen LogP contribution in [0.1, 0.15) is 40.0 Å². The maximum absolute atomic E-state index is 5.40. The summed E-state index contributed by atoms with van der Waals surface area (Å²) >= 11 is 0. The third-order valence-corrected chi connectivity index (χ3v) is 4.38. The predicted octanol–water partition coefficient (Wildman–Crippen LogP) is 2.28. The van der Waals surface area contributed by atoms with Crippen LogP contribution >= 0.6 is 0 Å². The highest BCUT2D eigenvalue weighted by molar-refractivity contribution is 4.85. The molecule has 2 rings (SSSR count). The van der Waals surface area contributed by atoms with Gasteiger partial charge in [0.2, 0.25) is 0 Å². The van der Waals surface area contributed by atoms with Crippen LogP contribution in [0.5, 0.6) is 0 Å². The van der Waals surface area contributed by atoms with Gasteiger partial charge in [-0.05, 0) is 30.6 Å². The summed E-state index contributed by atoms with van der Waals surface area (Å²) < 4.78 is 5.40.